The minimum Gasteiger partial charge on any atom is -0.496 e. The summed E-state index contributed by atoms with van der Waals surface area (Å²) >= 11 is 4.35. The van der Waals surface area contributed by atoms with Crippen molar-refractivity contribution >= 4 is 27.3 Å². The van der Waals surface area contributed by atoms with Crippen LogP contribution in [0.1, 0.15) is 16.5 Å². The Labute approximate surface area is 121 Å². The lowest BCUT2D eigenvalue weighted by Crippen LogP contribution is -2.29. The van der Waals surface area contributed by atoms with E-state index in [1.165, 1.54) is 30.6 Å². The first-order valence-corrected chi connectivity index (χ1v) is 6.97. The van der Waals surface area contributed by atoms with Gasteiger partial charge in [0.15, 0.2) is 0 Å². The third-order valence-electron chi connectivity index (χ3n) is 2.65. The highest BCUT2D eigenvalue weighted by Gasteiger charge is 2.24. The van der Waals surface area contributed by atoms with E-state index in [1.807, 2.05) is 0 Å². The van der Waals surface area contributed by atoms with Gasteiger partial charge >= 0.3 is 0 Å². The molecule has 0 saturated carbocycles. The van der Waals surface area contributed by atoms with Gasteiger partial charge < -0.3 is 4.74 Å². The summed E-state index contributed by atoms with van der Waals surface area (Å²) in [6.45, 7) is 0. The van der Waals surface area contributed by atoms with Gasteiger partial charge in [0, 0.05) is 15.8 Å². The second-order valence-electron chi connectivity index (χ2n) is 3.75. The van der Waals surface area contributed by atoms with Gasteiger partial charge in [-0.2, -0.15) is 0 Å². The van der Waals surface area contributed by atoms with Crippen LogP contribution in [0.5, 0.6) is 5.75 Å². The van der Waals surface area contributed by atoms with E-state index in [1.54, 1.807) is 11.4 Å². The predicted octanol–water partition coefficient (Wildman–Crippen LogP) is 3.35. The highest BCUT2D eigenvalue weighted by molar-refractivity contribution is 9.10. The number of rotatable bonds is 4. The van der Waals surface area contributed by atoms with Crippen molar-refractivity contribution in [2.24, 2.45) is 5.84 Å². The van der Waals surface area contributed by atoms with E-state index in [4.69, 9.17) is 10.6 Å². The van der Waals surface area contributed by atoms with Gasteiger partial charge in [0.2, 0.25) is 0 Å². The summed E-state index contributed by atoms with van der Waals surface area (Å²) in [6, 6.07) is 3.43. The zero-order valence-corrected chi connectivity index (χ0v) is 12.3. The largest absolute Gasteiger partial charge is 0.496 e. The molecule has 1 unspecified atom stereocenters. The molecule has 102 valence electrons. The van der Waals surface area contributed by atoms with Gasteiger partial charge in [-0.1, -0.05) is 0 Å². The van der Waals surface area contributed by atoms with E-state index in [2.05, 4.69) is 21.4 Å². The minimum absolute atomic E-state index is 0.124. The maximum atomic E-state index is 14.1. The number of benzene rings is 1. The Hall–Kier alpha value is -1.02. The molecule has 0 radical (unpaired) electrons. The first-order valence-electron chi connectivity index (χ1n) is 5.30. The summed E-state index contributed by atoms with van der Waals surface area (Å²) in [5, 5.41) is 1.74. The number of ether oxygens (including phenoxy) is 1. The van der Waals surface area contributed by atoms with E-state index in [9.17, 15) is 8.78 Å². The van der Waals surface area contributed by atoms with Crippen molar-refractivity contribution in [1.82, 2.24) is 5.43 Å². The molecule has 3 nitrogen and oxygen atoms in total. The standard InChI is InChI=1S/C12H11BrF2N2OS/c1-18-6-4-9(19-5-6)12(17-16)10-8(14)3-2-7(13)11(10)15/h2-5,12,17H,16H2,1H3. The summed E-state index contributed by atoms with van der Waals surface area (Å²) in [7, 11) is 1.52. The topological polar surface area (TPSA) is 47.3 Å². The number of halogens is 3. The second kappa shape index (κ2) is 5.96. The van der Waals surface area contributed by atoms with Gasteiger partial charge in [0.05, 0.1) is 17.6 Å². The molecule has 19 heavy (non-hydrogen) atoms. The molecule has 0 spiro atoms. The lowest BCUT2D eigenvalue weighted by atomic mass is 10.0. The summed E-state index contributed by atoms with van der Waals surface area (Å²) in [5.74, 6) is 4.74. The Kier molecular flexibility index (Phi) is 4.51. The van der Waals surface area contributed by atoms with Crippen molar-refractivity contribution in [2.75, 3.05) is 7.11 Å². The number of methoxy groups -OCH3 is 1. The van der Waals surface area contributed by atoms with E-state index >= 15 is 0 Å². The maximum Gasteiger partial charge on any atom is 0.145 e. The molecule has 1 heterocycles. The average Bonchev–Trinajstić information content (AvgIpc) is 2.87. The monoisotopic (exact) mass is 348 g/mol. The summed E-state index contributed by atoms with van der Waals surface area (Å²) in [5.41, 5.74) is 2.31. The Balaban J connectivity index is 2.50. The van der Waals surface area contributed by atoms with Gasteiger partial charge in [-0.25, -0.2) is 14.2 Å². The number of hydrogen-bond donors (Lipinski definition) is 2. The molecule has 7 heteroatoms. The molecule has 1 aromatic carbocycles. The van der Waals surface area contributed by atoms with Crippen molar-refractivity contribution in [3.05, 3.63) is 50.1 Å². The van der Waals surface area contributed by atoms with Crippen LogP contribution in [0, 0.1) is 11.6 Å². The van der Waals surface area contributed by atoms with Gasteiger partial charge in [0.25, 0.3) is 0 Å². The third kappa shape index (κ3) is 2.79. The molecule has 1 atom stereocenters. The highest BCUT2D eigenvalue weighted by Crippen LogP contribution is 2.34. The fraction of sp³-hybridized carbons (Fsp3) is 0.167. The normalized spacial score (nSPS) is 12.5. The van der Waals surface area contributed by atoms with E-state index in [-0.39, 0.29) is 10.0 Å². The van der Waals surface area contributed by atoms with Crippen LogP contribution in [0.2, 0.25) is 0 Å². The fourth-order valence-electron chi connectivity index (χ4n) is 1.71. The SMILES string of the molecule is COc1csc(C(NN)c2c(F)ccc(Br)c2F)c1. The molecule has 0 fully saturated rings. The molecule has 3 N–H and O–H groups in total. The zero-order valence-electron chi connectivity index (χ0n) is 9.91. The van der Waals surface area contributed by atoms with Crippen molar-refractivity contribution < 1.29 is 13.5 Å². The van der Waals surface area contributed by atoms with Crippen LogP contribution < -0.4 is 16.0 Å². The molecule has 1 aromatic heterocycles. The molecule has 2 rings (SSSR count). The van der Waals surface area contributed by atoms with Crippen LogP contribution in [0.15, 0.2) is 28.1 Å². The first kappa shape index (κ1) is 14.4. The number of hydrogen-bond acceptors (Lipinski definition) is 4. The van der Waals surface area contributed by atoms with Crippen molar-refractivity contribution in [1.29, 1.82) is 0 Å². The van der Waals surface area contributed by atoms with Crippen LogP contribution in [0.3, 0.4) is 0 Å². The number of hydrazine groups is 1. The second-order valence-corrected chi connectivity index (χ2v) is 5.54. The predicted molar refractivity (Wildman–Crippen MR) is 74.1 cm³/mol. The lowest BCUT2D eigenvalue weighted by Gasteiger charge is -2.17. The summed E-state index contributed by atoms with van der Waals surface area (Å²) in [4.78, 5) is 0.662. The molecular weight excluding hydrogens is 338 g/mol. The molecule has 0 aliphatic heterocycles. The Morgan fingerprint density at radius 1 is 1.42 bits per heavy atom. The maximum absolute atomic E-state index is 14.1. The molecule has 0 amide bonds. The summed E-state index contributed by atoms with van der Waals surface area (Å²) < 4.78 is 33.2. The fourth-order valence-corrected chi connectivity index (χ4v) is 2.98. The number of thiophene rings is 1. The van der Waals surface area contributed by atoms with Crippen LogP contribution in [-0.4, -0.2) is 7.11 Å². The molecular formula is C12H11BrF2N2OS. The lowest BCUT2D eigenvalue weighted by molar-refractivity contribution is 0.416. The highest BCUT2D eigenvalue weighted by atomic mass is 79.9. The van der Waals surface area contributed by atoms with Crippen molar-refractivity contribution in [3.8, 4) is 5.75 Å². The number of nitrogens with one attached hydrogen (secondary N) is 1. The van der Waals surface area contributed by atoms with Gasteiger partial charge in [0.1, 0.15) is 17.4 Å². The van der Waals surface area contributed by atoms with Crippen LogP contribution >= 0.6 is 27.3 Å². The smallest absolute Gasteiger partial charge is 0.145 e. The van der Waals surface area contributed by atoms with Crippen molar-refractivity contribution in [2.45, 2.75) is 6.04 Å². The molecule has 0 aliphatic carbocycles. The van der Waals surface area contributed by atoms with E-state index in [0.29, 0.717) is 10.6 Å². The first-order chi connectivity index (χ1) is 9.08. The Morgan fingerprint density at radius 3 is 2.74 bits per heavy atom. The molecule has 0 saturated heterocycles. The third-order valence-corrected chi connectivity index (χ3v) is 4.24. The van der Waals surface area contributed by atoms with Crippen LogP contribution in [0.4, 0.5) is 8.78 Å². The quantitative estimate of drug-likeness (QED) is 0.506. The Morgan fingerprint density at radius 2 is 2.16 bits per heavy atom. The molecule has 0 aliphatic rings. The average molecular weight is 349 g/mol. The molecule has 2 aromatic rings. The van der Waals surface area contributed by atoms with Crippen molar-refractivity contribution in [3.63, 3.8) is 0 Å². The number of nitrogens with two attached hydrogens (primary N) is 1. The Bertz CT molecular complexity index is 591. The summed E-state index contributed by atoms with van der Waals surface area (Å²) in [6.07, 6.45) is 0. The van der Waals surface area contributed by atoms with Gasteiger partial charge in [-0.05, 0) is 34.1 Å². The molecule has 0 bridgehead atoms. The van der Waals surface area contributed by atoms with Crippen LogP contribution in [-0.2, 0) is 0 Å². The van der Waals surface area contributed by atoms with Gasteiger partial charge in [-0.3, -0.25) is 5.84 Å². The van der Waals surface area contributed by atoms with E-state index in [0.717, 1.165) is 0 Å². The van der Waals surface area contributed by atoms with Gasteiger partial charge in [-0.15, -0.1) is 11.3 Å². The zero-order chi connectivity index (χ0) is 14.0. The van der Waals surface area contributed by atoms with Crippen LogP contribution in [0.25, 0.3) is 0 Å². The minimum atomic E-state index is -0.772. The van der Waals surface area contributed by atoms with E-state index < -0.39 is 17.7 Å².